The second-order valence-electron chi connectivity index (χ2n) is 9.92. The minimum atomic E-state index is -0.782. The molecule has 0 saturated carbocycles. The van der Waals surface area contributed by atoms with Gasteiger partial charge in [0.25, 0.3) is 11.7 Å². The molecule has 1 fully saturated rings. The Kier molecular flexibility index (Phi) is 7.91. The molecule has 0 bridgehead atoms. The van der Waals surface area contributed by atoms with E-state index in [4.69, 9.17) is 4.74 Å². The first kappa shape index (κ1) is 27.0. The molecule has 1 amide bonds. The third kappa shape index (κ3) is 5.17. The molecule has 1 saturated heterocycles. The molecule has 6 heteroatoms. The highest BCUT2D eigenvalue weighted by molar-refractivity contribution is 6.51. The van der Waals surface area contributed by atoms with Gasteiger partial charge in [-0.25, -0.2) is 0 Å². The molecule has 3 aromatic carbocycles. The smallest absolute Gasteiger partial charge is 0.300 e. The SMILES string of the molecule is CCN(CC)c1ccc(C2/C(=C(\O)c3cccc(OC(C)C)c3)C(=O)C(=O)N2c2cc(C)ccc2C)cc1. The van der Waals surface area contributed by atoms with Crippen molar-refractivity contribution in [2.45, 2.75) is 53.7 Å². The normalized spacial score (nSPS) is 16.8. The predicted molar refractivity (Wildman–Crippen MR) is 153 cm³/mol. The quantitative estimate of drug-likeness (QED) is 0.210. The van der Waals surface area contributed by atoms with Crippen molar-refractivity contribution in [3.05, 3.63) is 94.6 Å². The van der Waals surface area contributed by atoms with Gasteiger partial charge in [-0.1, -0.05) is 36.4 Å². The van der Waals surface area contributed by atoms with Gasteiger partial charge in [0, 0.05) is 30.0 Å². The van der Waals surface area contributed by atoms with Gasteiger partial charge >= 0.3 is 0 Å². The number of aliphatic hydroxyl groups is 1. The number of carbonyl (C=O) groups is 2. The van der Waals surface area contributed by atoms with Crippen molar-refractivity contribution in [1.29, 1.82) is 0 Å². The van der Waals surface area contributed by atoms with Crippen LogP contribution in [-0.2, 0) is 9.59 Å². The topological polar surface area (TPSA) is 70.1 Å². The molecule has 198 valence electrons. The van der Waals surface area contributed by atoms with E-state index in [2.05, 4.69) is 18.7 Å². The van der Waals surface area contributed by atoms with Gasteiger partial charge in [0.15, 0.2) is 0 Å². The highest BCUT2D eigenvalue weighted by Crippen LogP contribution is 2.43. The zero-order chi connectivity index (χ0) is 27.6. The average molecular weight is 513 g/mol. The van der Waals surface area contributed by atoms with E-state index in [1.807, 2.05) is 70.2 Å². The van der Waals surface area contributed by atoms with E-state index in [9.17, 15) is 14.7 Å². The van der Waals surface area contributed by atoms with Gasteiger partial charge in [0.05, 0.1) is 17.7 Å². The molecule has 1 atom stereocenters. The summed E-state index contributed by atoms with van der Waals surface area (Å²) >= 11 is 0. The summed E-state index contributed by atoms with van der Waals surface area (Å²) in [6, 6.07) is 19.9. The van der Waals surface area contributed by atoms with Gasteiger partial charge in [-0.15, -0.1) is 0 Å². The molecule has 0 aliphatic carbocycles. The molecule has 0 spiro atoms. The standard InChI is InChI=1S/C32H36N2O4/c1-7-33(8-2)25-16-14-23(15-17-25)29-28(30(35)24-10-9-11-26(19-24)38-20(3)4)31(36)32(37)34(29)27-18-21(5)12-13-22(27)6/h9-20,29,35H,7-8H2,1-6H3/b30-28+. The fourth-order valence-electron chi connectivity index (χ4n) is 4.98. The lowest BCUT2D eigenvalue weighted by atomic mass is 9.94. The number of Topliss-reactive ketones (excluding diaryl/α,β-unsaturated/α-hetero) is 1. The molecule has 1 unspecified atom stereocenters. The summed E-state index contributed by atoms with van der Waals surface area (Å²) in [5, 5.41) is 11.5. The average Bonchev–Trinajstić information content (AvgIpc) is 3.16. The molecule has 6 nitrogen and oxygen atoms in total. The van der Waals surface area contributed by atoms with Crippen LogP contribution in [-0.4, -0.2) is 36.0 Å². The molecule has 38 heavy (non-hydrogen) atoms. The van der Waals surface area contributed by atoms with E-state index in [0.717, 1.165) is 35.5 Å². The van der Waals surface area contributed by atoms with Crippen LogP contribution in [0.15, 0.2) is 72.3 Å². The Labute approximate surface area is 225 Å². The highest BCUT2D eigenvalue weighted by Gasteiger charge is 2.47. The van der Waals surface area contributed by atoms with Crippen molar-refractivity contribution >= 4 is 28.8 Å². The zero-order valence-electron chi connectivity index (χ0n) is 23.0. The number of nitrogens with zero attached hydrogens (tertiary/aromatic N) is 2. The van der Waals surface area contributed by atoms with Crippen LogP contribution in [0.1, 0.15) is 56.0 Å². The fourth-order valence-corrected chi connectivity index (χ4v) is 4.98. The minimum Gasteiger partial charge on any atom is -0.507 e. The molecule has 0 aromatic heterocycles. The lowest BCUT2D eigenvalue weighted by Crippen LogP contribution is -2.30. The monoisotopic (exact) mass is 512 g/mol. The first-order valence-corrected chi connectivity index (χ1v) is 13.2. The maximum absolute atomic E-state index is 13.6. The van der Waals surface area contributed by atoms with Crippen molar-refractivity contribution in [2.24, 2.45) is 0 Å². The Morgan fingerprint density at radius 1 is 0.974 bits per heavy atom. The number of hydrogen-bond acceptors (Lipinski definition) is 5. The Bertz CT molecular complexity index is 1370. The van der Waals surface area contributed by atoms with Gasteiger partial charge in [0.1, 0.15) is 11.5 Å². The van der Waals surface area contributed by atoms with Crippen LogP contribution >= 0.6 is 0 Å². The molecule has 1 N–H and O–H groups in total. The lowest BCUT2D eigenvalue weighted by molar-refractivity contribution is -0.132. The van der Waals surface area contributed by atoms with Gasteiger partial charge in [-0.3, -0.25) is 14.5 Å². The number of ketones is 1. The number of rotatable bonds is 8. The van der Waals surface area contributed by atoms with E-state index < -0.39 is 17.7 Å². The number of amides is 1. The minimum absolute atomic E-state index is 0.0495. The molecule has 1 aliphatic heterocycles. The molecular formula is C32H36N2O4. The molecule has 3 aromatic rings. The van der Waals surface area contributed by atoms with E-state index in [1.54, 1.807) is 24.3 Å². The number of anilines is 2. The van der Waals surface area contributed by atoms with Crippen molar-refractivity contribution < 1.29 is 19.4 Å². The lowest BCUT2D eigenvalue weighted by Gasteiger charge is -2.28. The Hall–Kier alpha value is -4.06. The molecule has 1 heterocycles. The van der Waals surface area contributed by atoms with Gasteiger partial charge in [0.2, 0.25) is 0 Å². The number of ether oxygens (including phenoxy) is 1. The van der Waals surface area contributed by atoms with Crippen LogP contribution in [0, 0.1) is 13.8 Å². The number of hydrogen-bond donors (Lipinski definition) is 1. The second kappa shape index (κ2) is 11.1. The van der Waals surface area contributed by atoms with E-state index in [-0.39, 0.29) is 17.4 Å². The second-order valence-corrected chi connectivity index (χ2v) is 9.92. The van der Waals surface area contributed by atoms with Crippen LogP contribution < -0.4 is 14.5 Å². The zero-order valence-corrected chi connectivity index (χ0v) is 23.0. The van der Waals surface area contributed by atoms with Crippen LogP contribution in [0.2, 0.25) is 0 Å². The maximum Gasteiger partial charge on any atom is 0.300 e. The maximum atomic E-state index is 13.6. The summed E-state index contributed by atoms with van der Waals surface area (Å²) in [5.41, 5.74) is 4.79. The van der Waals surface area contributed by atoms with Gasteiger partial charge in [-0.2, -0.15) is 0 Å². The Morgan fingerprint density at radius 2 is 1.66 bits per heavy atom. The third-order valence-corrected chi connectivity index (χ3v) is 6.89. The summed E-state index contributed by atoms with van der Waals surface area (Å²) in [6.07, 6.45) is -0.0495. The van der Waals surface area contributed by atoms with E-state index >= 15 is 0 Å². The Balaban J connectivity index is 1.91. The highest BCUT2D eigenvalue weighted by atomic mass is 16.5. The molecule has 1 aliphatic rings. The summed E-state index contributed by atoms with van der Waals surface area (Å²) in [4.78, 5) is 30.9. The van der Waals surface area contributed by atoms with Crippen molar-refractivity contribution in [3.8, 4) is 5.75 Å². The van der Waals surface area contributed by atoms with E-state index in [1.165, 1.54) is 4.90 Å². The number of carbonyl (C=O) groups excluding carboxylic acids is 2. The van der Waals surface area contributed by atoms with Crippen LogP contribution in [0.25, 0.3) is 5.76 Å². The van der Waals surface area contributed by atoms with Crippen LogP contribution in [0.3, 0.4) is 0 Å². The number of aryl methyl sites for hydroxylation is 2. The fraction of sp³-hybridized carbons (Fsp3) is 0.312. The summed E-state index contributed by atoms with van der Waals surface area (Å²) in [5.74, 6) is -1.01. The number of benzene rings is 3. The Morgan fingerprint density at radius 3 is 2.29 bits per heavy atom. The molecule has 4 rings (SSSR count). The first-order valence-electron chi connectivity index (χ1n) is 13.2. The van der Waals surface area contributed by atoms with Crippen LogP contribution in [0.5, 0.6) is 5.75 Å². The predicted octanol–water partition coefficient (Wildman–Crippen LogP) is 6.56. The number of aliphatic hydroxyl groups excluding tert-OH is 1. The van der Waals surface area contributed by atoms with Gasteiger partial charge in [-0.05, 0) is 88.6 Å². The van der Waals surface area contributed by atoms with Crippen molar-refractivity contribution in [2.75, 3.05) is 22.9 Å². The molecular weight excluding hydrogens is 476 g/mol. The summed E-state index contributed by atoms with van der Waals surface area (Å²) in [7, 11) is 0. The van der Waals surface area contributed by atoms with Crippen molar-refractivity contribution in [3.63, 3.8) is 0 Å². The molecule has 0 radical (unpaired) electrons. The largest absolute Gasteiger partial charge is 0.507 e. The first-order chi connectivity index (χ1) is 18.2. The van der Waals surface area contributed by atoms with E-state index in [0.29, 0.717) is 17.0 Å². The summed E-state index contributed by atoms with van der Waals surface area (Å²) < 4.78 is 5.80. The summed E-state index contributed by atoms with van der Waals surface area (Å²) in [6.45, 7) is 13.6. The third-order valence-electron chi connectivity index (χ3n) is 6.89. The van der Waals surface area contributed by atoms with Crippen LogP contribution in [0.4, 0.5) is 11.4 Å². The van der Waals surface area contributed by atoms with Crippen molar-refractivity contribution in [1.82, 2.24) is 0 Å². The van der Waals surface area contributed by atoms with Gasteiger partial charge < -0.3 is 14.7 Å².